The van der Waals surface area contributed by atoms with E-state index in [0.29, 0.717) is 0 Å². The summed E-state index contributed by atoms with van der Waals surface area (Å²) in [4.78, 5) is 3.96. The molecule has 0 amide bonds. The van der Waals surface area contributed by atoms with E-state index in [4.69, 9.17) is 0 Å². The molecule has 2 aromatic rings. The van der Waals surface area contributed by atoms with Gasteiger partial charge in [0.15, 0.2) is 0 Å². The minimum absolute atomic E-state index is 0.848. The smallest absolute Gasteiger partial charge is 0.132 e. The SMILES string of the molecule is Cc1c(Br)nn(-c2ccncc2)c1Br. The molecule has 0 spiro atoms. The van der Waals surface area contributed by atoms with Crippen LogP contribution in [0.3, 0.4) is 0 Å². The van der Waals surface area contributed by atoms with Gasteiger partial charge in [0.1, 0.15) is 9.21 Å². The second-order valence-electron chi connectivity index (χ2n) is 2.82. The lowest BCUT2D eigenvalue weighted by molar-refractivity contribution is 0.849. The molecule has 0 atom stereocenters. The van der Waals surface area contributed by atoms with Crippen molar-refractivity contribution in [1.29, 1.82) is 0 Å². The Morgan fingerprint density at radius 1 is 1.21 bits per heavy atom. The lowest BCUT2D eigenvalue weighted by Crippen LogP contribution is -1.96. The highest BCUT2D eigenvalue weighted by Gasteiger charge is 2.10. The first-order valence-corrected chi connectivity index (χ1v) is 5.60. The Bertz CT molecular complexity index is 451. The molecule has 2 rings (SSSR count). The molecule has 5 heteroatoms. The predicted molar refractivity (Wildman–Crippen MR) is 61.5 cm³/mol. The van der Waals surface area contributed by atoms with Gasteiger partial charge in [-0.25, -0.2) is 4.68 Å². The topological polar surface area (TPSA) is 30.7 Å². The van der Waals surface area contributed by atoms with Crippen molar-refractivity contribution in [2.75, 3.05) is 0 Å². The summed E-state index contributed by atoms with van der Waals surface area (Å²) >= 11 is 6.87. The van der Waals surface area contributed by atoms with Crippen molar-refractivity contribution in [2.24, 2.45) is 0 Å². The number of nitrogens with zero attached hydrogens (tertiary/aromatic N) is 3. The van der Waals surface area contributed by atoms with Crippen LogP contribution >= 0.6 is 31.9 Å². The lowest BCUT2D eigenvalue weighted by Gasteiger charge is -2.01. The van der Waals surface area contributed by atoms with Gasteiger partial charge in [0.2, 0.25) is 0 Å². The predicted octanol–water partition coefficient (Wildman–Crippen LogP) is 3.10. The van der Waals surface area contributed by atoms with Gasteiger partial charge in [-0.15, -0.1) is 0 Å². The summed E-state index contributed by atoms with van der Waals surface area (Å²) in [7, 11) is 0. The number of rotatable bonds is 1. The van der Waals surface area contributed by atoms with Crippen LogP contribution in [0.25, 0.3) is 5.69 Å². The summed E-state index contributed by atoms with van der Waals surface area (Å²) in [6.45, 7) is 2.00. The third kappa shape index (κ3) is 1.62. The molecule has 0 N–H and O–H groups in total. The quantitative estimate of drug-likeness (QED) is 0.809. The molecular formula is C9H7Br2N3. The van der Waals surface area contributed by atoms with Gasteiger partial charge in [-0.05, 0) is 50.9 Å². The van der Waals surface area contributed by atoms with E-state index in [1.165, 1.54) is 0 Å². The largest absolute Gasteiger partial charge is 0.265 e. The van der Waals surface area contributed by atoms with Crippen LogP contribution < -0.4 is 0 Å². The molecule has 3 nitrogen and oxygen atoms in total. The van der Waals surface area contributed by atoms with Crippen molar-refractivity contribution in [3.05, 3.63) is 39.3 Å². The first-order chi connectivity index (χ1) is 6.70. The Balaban J connectivity index is 2.58. The van der Waals surface area contributed by atoms with E-state index >= 15 is 0 Å². The van der Waals surface area contributed by atoms with Crippen molar-refractivity contribution < 1.29 is 0 Å². The average molecular weight is 317 g/mol. The number of hydrogen-bond acceptors (Lipinski definition) is 2. The van der Waals surface area contributed by atoms with Crippen LogP contribution in [0.15, 0.2) is 33.7 Å². The van der Waals surface area contributed by atoms with E-state index in [1.54, 1.807) is 12.4 Å². The summed E-state index contributed by atoms with van der Waals surface area (Å²) < 4.78 is 3.62. The molecule has 0 saturated heterocycles. The molecule has 72 valence electrons. The zero-order chi connectivity index (χ0) is 10.1. The van der Waals surface area contributed by atoms with Crippen molar-refractivity contribution >= 4 is 31.9 Å². The number of halogens is 2. The maximum atomic E-state index is 4.34. The molecule has 0 aliphatic rings. The standard InChI is InChI=1S/C9H7Br2N3/c1-6-8(10)13-14(9(6)11)7-2-4-12-5-3-7/h2-5H,1H3. The number of aromatic nitrogens is 3. The van der Waals surface area contributed by atoms with Crippen LogP contribution in [0.2, 0.25) is 0 Å². The Kier molecular flexibility index (Phi) is 2.69. The maximum Gasteiger partial charge on any atom is 0.132 e. The summed E-state index contributed by atoms with van der Waals surface area (Å²) in [5.41, 5.74) is 2.07. The van der Waals surface area contributed by atoms with Gasteiger partial charge in [0, 0.05) is 18.0 Å². The van der Waals surface area contributed by atoms with Gasteiger partial charge < -0.3 is 0 Å². The second kappa shape index (κ2) is 3.82. The summed E-state index contributed by atoms with van der Waals surface area (Å²) in [5, 5.41) is 4.34. The molecule has 0 unspecified atom stereocenters. The molecule has 0 aliphatic heterocycles. The third-order valence-electron chi connectivity index (χ3n) is 1.90. The van der Waals surface area contributed by atoms with Crippen LogP contribution in [-0.4, -0.2) is 14.8 Å². The molecule has 0 aliphatic carbocycles. The molecule has 14 heavy (non-hydrogen) atoms. The van der Waals surface area contributed by atoms with Crippen LogP contribution in [0.1, 0.15) is 5.56 Å². The van der Waals surface area contributed by atoms with Gasteiger partial charge in [-0.1, -0.05) is 0 Å². The van der Waals surface area contributed by atoms with E-state index in [1.807, 2.05) is 23.7 Å². The van der Waals surface area contributed by atoms with Gasteiger partial charge in [0.05, 0.1) is 5.69 Å². The zero-order valence-electron chi connectivity index (χ0n) is 7.41. The molecule has 2 aromatic heterocycles. The Hall–Kier alpha value is -0.680. The molecule has 0 saturated carbocycles. The van der Waals surface area contributed by atoms with E-state index in [-0.39, 0.29) is 0 Å². The fraction of sp³-hybridized carbons (Fsp3) is 0.111. The van der Waals surface area contributed by atoms with Gasteiger partial charge >= 0.3 is 0 Å². The van der Waals surface area contributed by atoms with E-state index in [9.17, 15) is 0 Å². The Morgan fingerprint density at radius 2 is 1.86 bits per heavy atom. The fourth-order valence-corrected chi connectivity index (χ4v) is 2.19. The number of pyridine rings is 1. The van der Waals surface area contributed by atoms with Crippen molar-refractivity contribution in [1.82, 2.24) is 14.8 Å². The van der Waals surface area contributed by atoms with E-state index in [0.717, 1.165) is 20.5 Å². The first-order valence-electron chi connectivity index (χ1n) is 4.01. The minimum Gasteiger partial charge on any atom is -0.265 e. The molecule has 0 bridgehead atoms. The average Bonchev–Trinajstić information content (AvgIpc) is 2.47. The monoisotopic (exact) mass is 315 g/mol. The summed E-state index contributed by atoms with van der Waals surface area (Å²) in [5.74, 6) is 0. The second-order valence-corrected chi connectivity index (χ2v) is 4.33. The first kappa shape index (κ1) is 9.86. The van der Waals surface area contributed by atoms with Crippen molar-refractivity contribution in [2.45, 2.75) is 6.92 Å². The molecular weight excluding hydrogens is 310 g/mol. The highest BCUT2D eigenvalue weighted by Crippen LogP contribution is 2.26. The highest BCUT2D eigenvalue weighted by atomic mass is 79.9. The summed E-state index contributed by atoms with van der Waals surface area (Å²) in [6, 6.07) is 3.81. The molecule has 0 radical (unpaired) electrons. The van der Waals surface area contributed by atoms with Crippen LogP contribution in [0.5, 0.6) is 0 Å². The van der Waals surface area contributed by atoms with Crippen molar-refractivity contribution in [3.63, 3.8) is 0 Å². The molecule has 0 aromatic carbocycles. The minimum atomic E-state index is 0.848. The van der Waals surface area contributed by atoms with Gasteiger partial charge in [0.25, 0.3) is 0 Å². The summed E-state index contributed by atoms with van der Waals surface area (Å²) in [6.07, 6.45) is 3.49. The maximum absolute atomic E-state index is 4.34. The number of hydrogen-bond donors (Lipinski definition) is 0. The van der Waals surface area contributed by atoms with Gasteiger partial charge in [-0.3, -0.25) is 4.98 Å². The van der Waals surface area contributed by atoms with E-state index in [2.05, 4.69) is 41.9 Å². The molecule has 0 fully saturated rings. The highest BCUT2D eigenvalue weighted by molar-refractivity contribution is 9.11. The van der Waals surface area contributed by atoms with Crippen LogP contribution in [0, 0.1) is 6.92 Å². The molecule has 2 heterocycles. The van der Waals surface area contributed by atoms with Crippen molar-refractivity contribution in [3.8, 4) is 5.69 Å². The third-order valence-corrected chi connectivity index (χ3v) is 3.58. The van der Waals surface area contributed by atoms with E-state index < -0.39 is 0 Å². The normalized spacial score (nSPS) is 10.5. The zero-order valence-corrected chi connectivity index (χ0v) is 10.6. The van der Waals surface area contributed by atoms with Gasteiger partial charge in [-0.2, -0.15) is 5.10 Å². The fourth-order valence-electron chi connectivity index (χ4n) is 1.11. The Morgan fingerprint density at radius 3 is 2.36 bits per heavy atom. The Labute approximate surface area is 98.4 Å². The van der Waals surface area contributed by atoms with Crippen LogP contribution in [0.4, 0.5) is 0 Å². The van der Waals surface area contributed by atoms with Crippen LogP contribution in [-0.2, 0) is 0 Å². The lowest BCUT2D eigenvalue weighted by atomic mass is 10.4.